The number of rotatable bonds is 1. The smallest absolute Gasteiger partial charge is 0.231 e. The monoisotopic (exact) mass is 275 g/mol. The molecule has 1 nitrogen and oxygen atoms in total. The molecule has 7 heteroatoms. The van der Waals surface area contributed by atoms with Gasteiger partial charge < -0.3 is 0 Å². The lowest BCUT2D eigenvalue weighted by molar-refractivity contribution is -0.0558. The van der Waals surface area contributed by atoms with Gasteiger partial charge in [-0.15, -0.1) is 0 Å². The van der Waals surface area contributed by atoms with Crippen LogP contribution in [-0.4, -0.2) is 11.3 Å². The summed E-state index contributed by atoms with van der Waals surface area (Å²) in [4.78, 5) is 3.14. The van der Waals surface area contributed by atoms with Crippen molar-refractivity contribution in [1.82, 2.24) is 0 Å². The van der Waals surface area contributed by atoms with Crippen LogP contribution in [0.2, 0.25) is 10.0 Å². The van der Waals surface area contributed by atoms with Crippen LogP contribution in [0.3, 0.4) is 0 Å². The quantitative estimate of drug-likeness (QED) is 0.652. The lowest BCUT2D eigenvalue weighted by Gasteiger charge is -2.04. The third kappa shape index (κ3) is 3.55. The average Bonchev–Trinajstić information content (AvgIpc) is 2.08. The first kappa shape index (κ1) is 12.6. The zero-order valence-corrected chi connectivity index (χ0v) is 9.21. The van der Waals surface area contributed by atoms with Crippen molar-refractivity contribution in [2.75, 3.05) is 0 Å². The van der Waals surface area contributed by atoms with Crippen LogP contribution < -0.4 is 0 Å². The average molecular weight is 276 g/mol. The van der Waals surface area contributed by atoms with Gasteiger partial charge in [-0.3, -0.25) is 0 Å². The normalized spacial score (nSPS) is 13.1. The van der Waals surface area contributed by atoms with Gasteiger partial charge in [0.15, 0.2) is 0 Å². The van der Waals surface area contributed by atoms with Crippen LogP contribution in [-0.2, 0) is 0 Å². The van der Waals surface area contributed by atoms with Gasteiger partial charge in [0, 0.05) is 5.02 Å². The summed E-state index contributed by atoms with van der Waals surface area (Å²) in [5, 5.41) is -1.17. The predicted molar refractivity (Wildman–Crippen MR) is 55.5 cm³/mol. The maximum Gasteiger partial charge on any atom is 0.444 e. The van der Waals surface area contributed by atoms with Crippen molar-refractivity contribution in [3.8, 4) is 0 Å². The minimum Gasteiger partial charge on any atom is -0.231 e. The largest absolute Gasteiger partial charge is 0.444 e. The zero-order valence-electron chi connectivity index (χ0n) is 6.95. The second kappa shape index (κ2) is 4.60. The number of nitrogens with zero attached hydrogens (tertiary/aromatic N) is 1. The molecule has 0 aliphatic heterocycles. The van der Waals surface area contributed by atoms with Crippen molar-refractivity contribution in [3.05, 3.63) is 28.2 Å². The molecule has 0 N–H and O–H groups in total. The van der Waals surface area contributed by atoms with E-state index < -0.39 is 11.3 Å². The van der Waals surface area contributed by atoms with Gasteiger partial charge in [-0.2, -0.15) is 13.2 Å². The molecule has 15 heavy (non-hydrogen) atoms. The van der Waals surface area contributed by atoms with Crippen LogP contribution in [0.15, 0.2) is 23.2 Å². The van der Waals surface area contributed by atoms with E-state index in [-0.39, 0.29) is 10.7 Å². The molecular formula is C8H3Cl3F3N. The molecule has 0 aromatic heterocycles. The standard InChI is InChI=1S/C8H3Cl3F3N/c9-4-1-2-6(5(10)3-4)15-7(11)8(12,13)14/h1-3H. The lowest BCUT2D eigenvalue weighted by Crippen LogP contribution is -2.16. The Morgan fingerprint density at radius 1 is 1.20 bits per heavy atom. The Kier molecular flexibility index (Phi) is 3.87. The minimum atomic E-state index is -4.68. The molecule has 0 atom stereocenters. The van der Waals surface area contributed by atoms with E-state index in [1.807, 2.05) is 0 Å². The number of hydrogen-bond donors (Lipinski definition) is 0. The van der Waals surface area contributed by atoms with E-state index >= 15 is 0 Å². The number of hydrogen-bond acceptors (Lipinski definition) is 1. The summed E-state index contributed by atoms with van der Waals surface area (Å²) in [6, 6.07) is 3.90. The maximum absolute atomic E-state index is 12.0. The van der Waals surface area contributed by atoms with E-state index in [4.69, 9.17) is 34.8 Å². The van der Waals surface area contributed by atoms with Crippen LogP contribution in [0.25, 0.3) is 0 Å². The Balaban J connectivity index is 3.09. The summed E-state index contributed by atoms with van der Waals surface area (Å²) < 4.78 is 36.0. The molecule has 0 spiro atoms. The highest BCUT2D eigenvalue weighted by Crippen LogP contribution is 2.30. The molecule has 0 bridgehead atoms. The molecule has 0 unspecified atom stereocenters. The second-order valence-corrected chi connectivity index (χ2v) is 3.70. The fourth-order valence-electron chi connectivity index (χ4n) is 0.741. The van der Waals surface area contributed by atoms with Crippen molar-refractivity contribution < 1.29 is 13.2 Å². The third-order valence-electron chi connectivity index (χ3n) is 1.36. The van der Waals surface area contributed by atoms with E-state index in [1.165, 1.54) is 18.2 Å². The van der Waals surface area contributed by atoms with E-state index in [0.29, 0.717) is 5.02 Å². The summed E-state index contributed by atoms with van der Waals surface area (Å²) in [5.41, 5.74) is -0.0802. The number of aliphatic imine (C=N–C) groups is 1. The molecule has 0 fully saturated rings. The summed E-state index contributed by atoms with van der Waals surface area (Å²) in [5.74, 6) is 0. The molecule has 1 aromatic carbocycles. The van der Waals surface area contributed by atoms with E-state index in [9.17, 15) is 13.2 Å². The van der Waals surface area contributed by atoms with Crippen LogP contribution in [0, 0.1) is 0 Å². The molecule has 1 aromatic rings. The second-order valence-electron chi connectivity index (χ2n) is 2.50. The van der Waals surface area contributed by atoms with Crippen molar-refractivity contribution in [2.45, 2.75) is 6.18 Å². The molecular weight excluding hydrogens is 273 g/mol. The Labute approximate surface area is 98.5 Å². The fourth-order valence-corrected chi connectivity index (χ4v) is 1.28. The van der Waals surface area contributed by atoms with Gasteiger partial charge in [0.25, 0.3) is 0 Å². The Bertz CT molecular complexity index is 401. The van der Waals surface area contributed by atoms with Gasteiger partial charge in [0.1, 0.15) is 0 Å². The Morgan fingerprint density at radius 2 is 1.80 bits per heavy atom. The molecule has 0 aliphatic carbocycles. The van der Waals surface area contributed by atoms with Crippen LogP contribution in [0.1, 0.15) is 0 Å². The van der Waals surface area contributed by atoms with Crippen LogP contribution >= 0.6 is 34.8 Å². The van der Waals surface area contributed by atoms with Gasteiger partial charge >= 0.3 is 6.18 Å². The first-order chi connectivity index (χ1) is 6.80. The van der Waals surface area contributed by atoms with Gasteiger partial charge in [0.2, 0.25) is 5.17 Å². The molecule has 82 valence electrons. The summed E-state index contributed by atoms with van der Waals surface area (Å²) in [6.07, 6.45) is -4.68. The van der Waals surface area contributed by atoms with Gasteiger partial charge in [-0.25, -0.2) is 4.99 Å². The topological polar surface area (TPSA) is 12.4 Å². The van der Waals surface area contributed by atoms with Crippen molar-refractivity contribution in [3.63, 3.8) is 0 Å². The molecule has 0 radical (unpaired) electrons. The number of halogens is 6. The van der Waals surface area contributed by atoms with Gasteiger partial charge in [-0.1, -0.05) is 34.8 Å². The van der Waals surface area contributed by atoms with Gasteiger partial charge in [-0.05, 0) is 18.2 Å². The van der Waals surface area contributed by atoms with E-state index in [2.05, 4.69) is 4.99 Å². The summed E-state index contributed by atoms with van der Waals surface area (Å²) >= 11 is 16.1. The molecule has 0 saturated heterocycles. The number of benzene rings is 1. The molecule has 0 saturated carbocycles. The SMILES string of the molecule is FC(F)(F)C(Cl)=Nc1ccc(Cl)cc1Cl. The maximum atomic E-state index is 12.0. The van der Waals surface area contributed by atoms with E-state index in [0.717, 1.165) is 0 Å². The predicted octanol–water partition coefficient (Wildman–Crippen LogP) is 4.82. The lowest BCUT2D eigenvalue weighted by atomic mass is 10.3. The highest BCUT2D eigenvalue weighted by atomic mass is 35.5. The van der Waals surface area contributed by atoms with E-state index in [1.54, 1.807) is 0 Å². The first-order valence-corrected chi connectivity index (χ1v) is 4.70. The third-order valence-corrected chi connectivity index (χ3v) is 2.20. The van der Waals surface area contributed by atoms with Crippen LogP contribution in [0.5, 0.6) is 0 Å². The van der Waals surface area contributed by atoms with Crippen molar-refractivity contribution in [1.29, 1.82) is 0 Å². The zero-order chi connectivity index (χ0) is 11.6. The molecule has 0 amide bonds. The van der Waals surface area contributed by atoms with Crippen molar-refractivity contribution >= 4 is 45.7 Å². The van der Waals surface area contributed by atoms with Crippen molar-refractivity contribution in [2.24, 2.45) is 4.99 Å². The Hall–Kier alpha value is -0.450. The molecule has 0 heterocycles. The van der Waals surface area contributed by atoms with Crippen LogP contribution in [0.4, 0.5) is 18.9 Å². The Morgan fingerprint density at radius 3 is 2.27 bits per heavy atom. The summed E-state index contributed by atoms with van der Waals surface area (Å²) in [7, 11) is 0. The highest BCUT2D eigenvalue weighted by molar-refractivity contribution is 6.67. The molecule has 0 aliphatic rings. The fraction of sp³-hybridized carbons (Fsp3) is 0.125. The highest BCUT2D eigenvalue weighted by Gasteiger charge is 2.34. The number of alkyl halides is 3. The summed E-state index contributed by atoms with van der Waals surface area (Å²) in [6.45, 7) is 0. The first-order valence-electron chi connectivity index (χ1n) is 3.57. The molecule has 1 rings (SSSR count). The minimum absolute atomic E-state index is 0.00454. The van der Waals surface area contributed by atoms with Gasteiger partial charge in [0.05, 0.1) is 10.7 Å².